The lowest BCUT2D eigenvalue weighted by Crippen LogP contribution is -1.91. The average Bonchev–Trinajstić information content (AvgIpc) is 2.71. The van der Waals surface area contributed by atoms with Crippen LogP contribution in [0.3, 0.4) is 0 Å². The van der Waals surface area contributed by atoms with E-state index >= 15 is 0 Å². The molecule has 0 unspecified atom stereocenters. The van der Waals surface area contributed by atoms with E-state index in [1.807, 2.05) is 24.3 Å². The van der Waals surface area contributed by atoms with Crippen LogP contribution in [0.1, 0.15) is 19.1 Å². The topological polar surface area (TPSA) is 61.3 Å². The second-order valence-corrected chi connectivity index (χ2v) is 3.84. The SMILES string of the molecule is CCCc1onc(N)c1-c1ccc(OC)cc1. The summed E-state index contributed by atoms with van der Waals surface area (Å²) in [4.78, 5) is 0. The van der Waals surface area contributed by atoms with Gasteiger partial charge in [-0.15, -0.1) is 0 Å². The number of aryl methyl sites for hydroxylation is 1. The number of anilines is 1. The van der Waals surface area contributed by atoms with Crippen molar-refractivity contribution in [3.63, 3.8) is 0 Å². The first-order chi connectivity index (χ1) is 8.26. The molecule has 2 N–H and O–H groups in total. The molecule has 0 saturated carbocycles. The third-order valence-electron chi connectivity index (χ3n) is 2.64. The standard InChI is InChI=1S/C13H16N2O2/c1-3-4-11-12(13(14)15-17-11)9-5-7-10(16-2)8-6-9/h5-8H,3-4H2,1-2H3,(H2,14,15). The predicted octanol–water partition coefficient (Wildman–Crippen LogP) is 2.88. The quantitative estimate of drug-likeness (QED) is 0.880. The van der Waals surface area contributed by atoms with Gasteiger partial charge in [0, 0.05) is 6.42 Å². The van der Waals surface area contributed by atoms with Crippen molar-refractivity contribution in [2.24, 2.45) is 0 Å². The Morgan fingerprint density at radius 2 is 2.00 bits per heavy atom. The summed E-state index contributed by atoms with van der Waals surface area (Å²) in [7, 11) is 1.64. The Morgan fingerprint density at radius 1 is 1.29 bits per heavy atom. The zero-order valence-corrected chi connectivity index (χ0v) is 10.1. The molecule has 4 heteroatoms. The number of hydrogen-bond acceptors (Lipinski definition) is 4. The van der Waals surface area contributed by atoms with E-state index in [2.05, 4.69) is 12.1 Å². The fraction of sp³-hybridized carbons (Fsp3) is 0.308. The molecule has 2 rings (SSSR count). The van der Waals surface area contributed by atoms with Crippen LogP contribution in [0, 0.1) is 0 Å². The third-order valence-corrected chi connectivity index (χ3v) is 2.64. The molecule has 0 radical (unpaired) electrons. The molecule has 0 aliphatic carbocycles. The lowest BCUT2D eigenvalue weighted by Gasteiger charge is -2.03. The number of nitrogen functional groups attached to an aromatic ring is 1. The van der Waals surface area contributed by atoms with Crippen molar-refractivity contribution < 1.29 is 9.26 Å². The van der Waals surface area contributed by atoms with E-state index < -0.39 is 0 Å². The summed E-state index contributed by atoms with van der Waals surface area (Å²) >= 11 is 0. The van der Waals surface area contributed by atoms with Gasteiger partial charge in [0.15, 0.2) is 5.82 Å². The number of methoxy groups -OCH3 is 1. The zero-order chi connectivity index (χ0) is 12.3. The summed E-state index contributed by atoms with van der Waals surface area (Å²) in [5, 5.41) is 3.83. The van der Waals surface area contributed by atoms with Crippen LogP contribution in [0.4, 0.5) is 5.82 Å². The Balaban J connectivity index is 2.40. The smallest absolute Gasteiger partial charge is 0.175 e. The van der Waals surface area contributed by atoms with E-state index in [4.69, 9.17) is 15.0 Å². The molecule has 0 amide bonds. The molecule has 1 heterocycles. The number of hydrogen-bond donors (Lipinski definition) is 1. The monoisotopic (exact) mass is 232 g/mol. The lowest BCUT2D eigenvalue weighted by molar-refractivity contribution is 0.385. The number of nitrogens with two attached hydrogens (primary N) is 1. The summed E-state index contributed by atoms with van der Waals surface area (Å²) in [6.07, 6.45) is 1.84. The molecule has 0 bridgehead atoms. The number of benzene rings is 1. The Bertz CT molecular complexity index is 489. The zero-order valence-electron chi connectivity index (χ0n) is 10.1. The van der Waals surface area contributed by atoms with Gasteiger partial charge in [0.1, 0.15) is 11.5 Å². The molecule has 4 nitrogen and oxygen atoms in total. The summed E-state index contributed by atoms with van der Waals surface area (Å²) in [5.74, 6) is 2.11. The Labute approximate surface area is 100 Å². The van der Waals surface area contributed by atoms with Gasteiger partial charge in [0.25, 0.3) is 0 Å². The van der Waals surface area contributed by atoms with Crippen LogP contribution in [-0.2, 0) is 6.42 Å². The molecule has 0 atom stereocenters. The second kappa shape index (κ2) is 4.91. The third kappa shape index (κ3) is 2.25. The summed E-state index contributed by atoms with van der Waals surface area (Å²) in [6, 6.07) is 7.72. The van der Waals surface area contributed by atoms with Crippen molar-refractivity contribution in [1.82, 2.24) is 5.16 Å². The highest BCUT2D eigenvalue weighted by molar-refractivity contribution is 5.75. The minimum atomic E-state index is 0.443. The highest BCUT2D eigenvalue weighted by atomic mass is 16.5. The first-order valence-corrected chi connectivity index (χ1v) is 5.64. The van der Waals surface area contributed by atoms with Gasteiger partial charge in [-0.3, -0.25) is 0 Å². The predicted molar refractivity (Wildman–Crippen MR) is 66.9 cm³/mol. The molecular formula is C13H16N2O2. The van der Waals surface area contributed by atoms with E-state index in [1.54, 1.807) is 7.11 Å². The fourth-order valence-corrected chi connectivity index (χ4v) is 1.80. The molecule has 0 aliphatic heterocycles. The minimum Gasteiger partial charge on any atom is -0.497 e. The molecule has 0 aliphatic rings. The van der Waals surface area contributed by atoms with Crippen LogP contribution in [0.15, 0.2) is 28.8 Å². The van der Waals surface area contributed by atoms with Crippen LogP contribution < -0.4 is 10.5 Å². The van der Waals surface area contributed by atoms with Gasteiger partial charge in [-0.25, -0.2) is 0 Å². The highest BCUT2D eigenvalue weighted by Gasteiger charge is 2.14. The van der Waals surface area contributed by atoms with Crippen molar-refractivity contribution >= 4 is 5.82 Å². The molecule has 2 aromatic rings. The van der Waals surface area contributed by atoms with Crippen molar-refractivity contribution in [3.05, 3.63) is 30.0 Å². The first-order valence-electron chi connectivity index (χ1n) is 5.64. The van der Waals surface area contributed by atoms with Gasteiger partial charge in [0.05, 0.1) is 12.7 Å². The first kappa shape index (κ1) is 11.5. The Morgan fingerprint density at radius 3 is 2.59 bits per heavy atom. The largest absolute Gasteiger partial charge is 0.497 e. The average molecular weight is 232 g/mol. The maximum Gasteiger partial charge on any atom is 0.175 e. The van der Waals surface area contributed by atoms with Crippen molar-refractivity contribution in [3.8, 4) is 16.9 Å². The Kier molecular flexibility index (Phi) is 3.32. The second-order valence-electron chi connectivity index (χ2n) is 3.84. The molecular weight excluding hydrogens is 216 g/mol. The number of aromatic nitrogens is 1. The molecule has 1 aromatic carbocycles. The van der Waals surface area contributed by atoms with Crippen molar-refractivity contribution in [2.75, 3.05) is 12.8 Å². The number of rotatable bonds is 4. The van der Waals surface area contributed by atoms with Crippen LogP contribution in [-0.4, -0.2) is 12.3 Å². The molecule has 1 aromatic heterocycles. The Hall–Kier alpha value is -1.97. The van der Waals surface area contributed by atoms with E-state index in [0.29, 0.717) is 5.82 Å². The molecule has 0 spiro atoms. The molecule has 0 saturated heterocycles. The van der Waals surface area contributed by atoms with Gasteiger partial charge in [-0.05, 0) is 24.1 Å². The van der Waals surface area contributed by atoms with Crippen LogP contribution in [0.5, 0.6) is 5.75 Å². The van der Waals surface area contributed by atoms with Crippen molar-refractivity contribution in [1.29, 1.82) is 0 Å². The van der Waals surface area contributed by atoms with Gasteiger partial charge in [0.2, 0.25) is 0 Å². The molecule has 17 heavy (non-hydrogen) atoms. The lowest BCUT2D eigenvalue weighted by atomic mass is 10.0. The summed E-state index contributed by atoms with van der Waals surface area (Å²) in [6.45, 7) is 2.09. The summed E-state index contributed by atoms with van der Waals surface area (Å²) < 4.78 is 10.4. The highest BCUT2D eigenvalue weighted by Crippen LogP contribution is 2.31. The van der Waals surface area contributed by atoms with Crippen LogP contribution in [0.2, 0.25) is 0 Å². The van der Waals surface area contributed by atoms with E-state index in [9.17, 15) is 0 Å². The number of nitrogens with zero attached hydrogens (tertiary/aromatic N) is 1. The van der Waals surface area contributed by atoms with Crippen molar-refractivity contribution in [2.45, 2.75) is 19.8 Å². The molecule has 0 fully saturated rings. The van der Waals surface area contributed by atoms with Gasteiger partial charge in [-0.2, -0.15) is 0 Å². The molecule has 90 valence electrons. The number of ether oxygens (including phenoxy) is 1. The minimum absolute atomic E-state index is 0.443. The summed E-state index contributed by atoms with van der Waals surface area (Å²) in [5.41, 5.74) is 7.74. The van der Waals surface area contributed by atoms with Crippen LogP contribution >= 0.6 is 0 Å². The van der Waals surface area contributed by atoms with Gasteiger partial charge < -0.3 is 15.0 Å². The fourth-order valence-electron chi connectivity index (χ4n) is 1.80. The van der Waals surface area contributed by atoms with Gasteiger partial charge in [-0.1, -0.05) is 24.2 Å². The maximum atomic E-state index is 5.84. The normalized spacial score (nSPS) is 10.5. The van der Waals surface area contributed by atoms with E-state index in [-0.39, 0.29) is 0 Å². The van der Waals surface area contributed by atoms with Gasteiger partial charge >= 0.3 is 0 Å². The maximum absolute atomic E-state index is 5.84. The van der Waals surface area contributed by atoms with Crippen LogP contribution in [0.25, 0.3) is 11.1 Å². The van der Waals surface area contributed by atoms with E-state index in [0.717, 1.165) is 35.5 Å². The van der Waals surface area contributed by atoms with E-state index in [1.165, 1.54) is 0 Å².